The lowest BCUT2D eigenvalue weighted by atomic mass is 10.5. The van der Waals surface area contributed by atoms with Crippen LogP contribution in [0.4, 0.5) is 0 Å². The maximum absolute atomic E-state index is 5.00. The van der Waals surface area contributed by atoms with E-state index in [-0.39, 0.29) is 0 Å². The highest BCUT2D eigenvalue weighted by atomic mass is 127. The highest BCUT2D eigenvalue weighted by molar-refractivity contribution is 14.1. The predicted octanol–water partition coefficient (Wildman–Crippen LogP) is 1.69. The molecule has 1 rings (SSSR count). The Kier molecular flexibility index (Phi) is 2.27. The Hall–Kier alpha value is -0.320. The Balaban J connectivity index is 3.01. The molecule has 0 atom stereocenters. The summed E-state index contributed by atoms with van der Waals surface area (Å²) < 4.78 is 6.04. The first-order valence-electron chi connectivity index (χ1n) is 2.48. The molecule has 9 heavy (non-hydrogen) atoms. The molecule has 0 amide bonds. The van der Waals surface area contributed by atoms with E-state index in [1.165, 1.54) is 0 Å². The van der Waals surface area contributed by atoms with Gasteiger partial charge in [-0.3, -0.25) is 4.98 Å². The van der Waals surface area contributed by atoms with E-state index in [2.05, 4.69) is 27.6 Å². The molecular formula is C6H6INO. The number of ether oxygens (including phenoxy) is 1. The zero-order valence-corrected chi connectivity index (χ0v) is 7.12. The molecule has 0 saturated carbocycles. The second kappa shape index (κ2) is 3.00. The van der Waals surface area contributed by atoms with Gasteiger partial charge in [-0.05, 0) is 28.7 Å². The van der Waals surface area contributed by atoms with E-state index in [0.29, 0.717) is 0 Å². The van der Waals surface area contributed by atoms with Crippen molar-refractivity contribution in [3.05, 3.63) is 22.0 Å². The summed E-state index contributed by atoms with van der Waals surface area (Å²) in [5.74, 6) is 0.880. The first-order chi connectivity index (χ1) is 4.34. The monoisotopic (exact) mass is 235 g/mol. The standard InChI is InChI=1S/C6H6INO/c1-9-6-2-3-8-4-5(6)7/h2-4H,1H3. The fraction of sp³-hybridized carbons (Fsp3) is 0.167. The summed E-state index contributed by atoms with van der Waals surface area (Å²) in [5.41, 5.74) is 0. The number of hydrogen-bond donors (Lipinski definition) is 0. The van der Waals surface area contributed by atoms with Crippen LogP contribution < -0.4 is 4.74 Å². The van der Waals surface area contributed by atoms with Crippen molar-refractivity contribution < 1.29 is 4.74 Å². The molecule has 0 fully saturated rings. The maximum atomic E-state index is 5.00. The van der Waals surface area contributed by atoms with Gasteiger partial charge in [-0.1, -0.05) is 0 Å². The predicted molar refractivity (Wildman–Crippen MR) is 43.5 cm³/mol. The number of rotatable bonds is 1. The third-order valence-electron chi connectivity index (χ3n) is 0.955. The molecule has 48 valence electrons. The lowest BCUT2D eigenvalue weighted by Gasteiger charge is -1.98. The van der Waals surface area contributed by atoms with E-state index in [9.17, 15) is 0 Å². The van der Waals surface area contributed by atoms with Gasteiger partial charge in [-0.15, -0.1) is 0 Å². The molecule has 0 aromatic carbocycles. The Morgan fingerprint density at radius 2 is 2.44 bits per heavy atom. The van der Waals surface area contributed by atoms with Crippen molar-refractivity contribution in [3.8, 4) is 5.75 Å². The number of pyridine rings is 1. The number of methoxy groups -OCH3 is 1. The normalized spacial score (nSPS) is 9.11. The molecule has 0 aliphatic heterocycles. The zero-order valence-electron chi connectivity index (χ0n) is 4.97. The fourth-order valence-corrected chi connectivity index (χ4v) is 1.09. The summed E-state index contributed by atoms with van der Waals surface area (Å²) in [7, 11) is 1.65. The third-order valence-corrected chi connectivity index (χ3v) is 1.77. The van der Waals surface area contributed by atoms with Crippen LogP contribution in [0.2, 0.25) is 0 Å². The molecule has 0 saturated heterocycles. The van der Waals surface area contributed by atoms with Gasteiger partial charge in [0.2, 0.25) is 0 Å². The van der Waals surface area contributed by atoms with Gasteiger partial charge in [0.25, 0.3) is 0 Å². The summed E-state index contributed by atoms with van der Waals surface area (Å²) in [5, 5.41) is 0. The molecule has 1 aromatic heterocycles. The van der Waals surface area contributed by atoms with Crippen LogP contribution in [0.5, 0.6) is 5.75 Å². The van der Waals surface area contributed by atoms with Crippen LogP contribution in [-0.2, 0) is 0 Å². The quantitative estimate of drug-likeness (QED) is 0.691. The van der Waals surface area contributed by atoms with Gasteiger partial charge in [-0.2, -0.15) is 0 Å². The second-order valence-corrected chi connectivity index (χ2v) is 2.67. The number of aromatic nitrogens is 1. The van der Waals surface area contributed by atoms with Gasteiger partial charge in [0.15, 0.2) is 0 Å². The SMILES string of the molecule is COc1ccncc1I. The van der Waals surface area contributed by atoms with Gasteiger partial charge < -0.3 is 4.74 Å². The molecule has 0 N–H and O–H groups in total. The molecule has 0 spiro atoms. The maximum Gasteiger partial charge on any atom is 0.135 e. The van der Waals surface area contributed by atoms with Crippen LogP contribution in [0.3, 0.4) is 0 Å². The third kappa shape index (κ3) is 1.54. The summed E-state index contributed by atoms with van der Waals surface area (Å²) in [6, 6.07) is 1.84. The molecule has 1 aromatic rings. The van der Waals surface area contributed by atoms with Crippen molar-refractivity contribution in [2.24, 2.45) is 0 Å². The summed E-state index contributed by atoms with van der Waals surface area (Å²) in [4.78, 5) is 3.91. The van der Waals surface area contributed by atoms with Crippen LogP contribution in [0.15, 0.2) is 18.5 Å². The average Bonchev–Trinajstić information content (AvgIpc) is 1.89. The van der Waals surface area contributed by atoms with Crippen LogP contribution in [0.25, 0.3) is 0 Å². The van der Waals surface area contributed by atoms with Crippen molar-refractivity contribution in [2.45, 2.75) is 0 Å². The molecule has 2 nitrogen and oxygen atoms in total. The minimum Gasteiger partial charge on any atom is -0.496 e. The lowest BCUT2D eigenvalue weighted by molar-refractivity contribution is 0.411. The van der Waals surface area contributed by atoms with E-state index in [1.54, 1.807) is 19.5 Å². The van der Waals surface area contributed by atoms with E-state index in [0.717, 1.165) is 9.32 Å². The van der Waals surface area contributed by atoms with Gasteiger partial charge in [0, 0.05) is 12.4 Å². The van der Waals surface area contributed by atoms with Crippen LogP contribution in [-0.4, -0.2) is 12.1 Å². The summed E-state index contributed by atoms with van der Waals surface area (Å²) in [6.07, 6.45) is 3.47. The first-order valence-corrected chi connectivity index (χ1v) is 3.56. The average molecular weight is 235 g/mol. The van der Waals surface area contributed by atoms with E-state index in [4.69, 9.17) is 4.74 Å². The largest absolute Gasteiger partial charge is 0.496 e. The molecular weight excluding hydrogens is 229 g/mol. The van der Waals surface area contributed by atoms with Gasteiger partial charge >= 0.3 is 0 Å². The minimum absolute atomic E-state index is 0.880. The Labute approximate surface area is 67.4 Å². The zero-order chi connectivity index (χ0) is 6.69. The van der Waals surface area contributed by atoms with E-state index >= 15 is 0 Å². The number of hydrogen-bond acceptors (Lipinski definition) is 2. The van der Waals surface area contributed by atoms with Crippen molar-refractivity contribution in [3.63, 3.8) is 0 Å². The Bertz CT molecular complexity index is 202. The van der Waals surface area contributed by atoms with E-state index < -0.39 is 0 Å². The van der Waals surface area contributed by atoms with Crippen molar-refractivity contribution in [1.29, 1.82) is 0 Å². The Morgan fingerprint density at radius 1 is 1.67 bits per heavy atom. The van der Waals surface area contributed by atoms with Gasteiger partial charge in [0.1, 0.15) is 5.75 Å². The highest BCUT2D eigenvalue weighted by Gasteiger charge is 1.93. The molecule has 0 radical (unpaired) electrons. The first kappa shape index (κ1) is 6.80. The summed E-state index contributed by atoms with van der Waals surface area (Å²) in [6.45, 7) is 0. The molecule has 1 heterocycles. The molecule has 0 aliphatic carbocycles. The van der Waals surface area contributed by atoms with Crippen LogP contribution in [0.1, 0.15) is 0 Å². The van der Waals surface area contributed by atoms with Gasteiger partial charge in [0.05, 0.1) is 10.7 Å². The number of nitrogens with zero attached hydrogens (tertiary/aromatic N) is 1. The topological polar surface area (TPSA) is 22.1 Å². The van der Waals surface area contributed by atoms with Crippen LogP contribution in [0, 0.1) is 3.57 Å². The molecule has 0 bridgehead atoms. The van der Waals surface area contributed by atoms with Crippen LogP contribution >= 0.6 is 22.6 Å². The van der Waals surface area contributed by atoms with Crippen molar-refractivity contribution in [2.75, 3.05) is 7.11 Å². The van der Waals surface area contributed by atoms with Crippen molar-refractivity contribution >= 4 is 22.6 Å². The smallest absolute Gasteiger partial charge is 0.135 e. The second-order valence-electron chi connectivity index (χ2n) is 1.51. The molecule has 0 aliphatic rings. The fourth-order valence-electron chi connectivity index (χ4n) is 0.528. The van der Waals surface area contributed by atoms with E-state index in [1.807, 2.05) is 6.07 Å². The molecule has 3 heteroatoms. The van der Waals surface area contributed by atoms with Crippen molar-refractivity contribution in [1.82, 2.24) is 4.98 Å². The molecule has 0 unspecified atom stereocenters. The number of halogens is 1. The minimum atomic E-state index is 0.880. The Morgan fingerprint density at radius 3 is 2.89 bits per heavy atom. The lowest BCUT2D eigenvalue weighted by Crippen LogP contribution is -1.85. The van der Waals surface area contributed by atoms with Gasteiger partial charge in [-0.25, -0.2) is 0 Å². The highest BCUT2D eigenvalue weighted by Crippen LogP contribution is 2.16. The summed E-state index contributed by atoms with van der Waals surface area (Å²) >= 11 is 2.17.